The van der Waals surface area contributed by atoms with E-state index in [-0.39, 0.29) is 0 Å². The third-order valence-corrected chi connectivity index (χ3v) is 11.1. The van der Waals surface area contributed by atoms with Crippen molar-refractivity contribution in [2.75, 3.05) is 26.2 Å². The molecule has 3 heteroatoms. The van der Waals surface area contributed by atoms with Gasteiger partial charge in [-0.2, -0.15) is 0 Å². The Bertz CT molecular complexity index is 460. The number of fused-ring (bicyclic) bond motifs is 1. The van der Waals surface area contributed by atoms with E-state index in [0.717, 1.165) is 23.3 Å². The molecule has 1 saturated heterocycles. The molecule has 3 rings (SSSR count). The molecule has 2 nitrogen and oxygen atoms in total. The first-order valence-corrected chi connectivity index (χ1v) is 12.3. The molecule has 2 aliphatic carbocycles. The molecule has 3 unspecified atom stereocenters. The number of nitrogens with one attached hydrogen (secondary N) is 1. The molecule has 22 heavy (non-hydrogen) atoms. The van der Waals surface area contributed by atoms with Crippen molar-refractivity contribution in [3.8, 4) is 0 Å². The Morgan fingerprint density at radius 3 is 2.55 bits per heavy atom. The Morgan fingerprint density at radius 1 is 1.23 bits per heavy atom. The highest BCUT2D eigenvalue weighted by atomic mass is 28.3. The first-order valence-electron chi connectivity index (χ1n) is 9.27. The van der Waals surface area contributed by atoms with E-state index >= 15 is 0 Å². The summed E-state index contributed by atoms with van der Waals surface area (Å²) in [6.07, 6.45) is 8.78. The quantitative estimate of drug-likeness (QED) is 0.794. The Kier molecular flexibility index (Phi) is 4.68. The van der Waals surface area contributed by atoms with Crippen molar-refractivity contribution < 1.29 is 0 Å². The summed E-state index contributed by atoms with van der Waals surface area (Å²) in [6.45, 7) is 17.4. The van der Waals surface area contributed by atoms with Gasteiger partial charge in [0.05, 0.1) is 0 Å². The summed E-state index contributed by atoms with van der Waals surface area (Å²) in [5.74, 6) is 3.16. The number of hydrogen-bond donors (Lipinski definition) is 1. The standard InChI is InChI=1S/C19H34N2Si/c1-14(2)16-7-6-8-17-18(13-15(3)19(16)17)22(4,5)21-11-9-20-10-12-21/h6-8,14-15,17-20H,9-13H2,1-5H3/t15-,17?,18?,19?/m0/s1. The van der Waals surface area contributed by atoms with Crippen molar-refractivity contribution in [2.45, 2.75) is 45.8 Å². The van der Waals surface area contributed by atoms with Crippen LogP contribution in [0.25, 0.3) is 0 Å². The Hall–Kier alpha value is -0.383. The molecule has 0 bridgehead atoms. The van der Waals surface area contributed by atoms with E-state index in [1.54, 1.807) is 5.57 Å². The highest BCUT2D eigenvalue weighted by Crippen LogP contribution is 2.55. The van der Waals surface area contributed by atoms with Crippen molar-refractivity contribution in [1.29, 1.82) is 0 Å². The van der Waals surface area contributed by atoms with E-state index in [4.69, 9.17) is 0 Å². The van der Waals surface area contributed by atoms with E-state index in [1.807, 2.05) is 0 Å². The smallest absolute Gasteiger partial charge is 0.126 e. The van der Waals surface area contributed by atoms with Crippen LogP contribution in [-0.2, 0) is 0 Å². The summed E-state index contributed by atoms with van der Waals surface area (Å²) in [5, 5.41) is 3.52. The van der Waals surface area contributed by atoms with Gasteiger partial charge >= 0.3 is 0 Å². The SMILES string of the molecule is CC(C)C1=CC=CC2C1[C@@H](C)CC2[Si](C)(C)N1CCNCC1. The molecule has 1 saturated carbocycles. The number of nitrogens with zero attached hydrogens (tertiary/aromatic N) is 1. The minimum Gasteiger partial charge on any atom is -0.321 e. The predicted molar refractivity (Wildman–Crippen MR) is 98.5 cm³/mol. The summed E-state index contributed by atoms with van der Waals surface area (Å²) in [6, 6.07) is 0. The van der Waals surface area contributed by atoms with Gasteiger partial charge < -0.3 is 9.88 Å². The zero-order valence-corrected chi connectivity index (χ0v) is 16.1. The molecule has 0 amide bonds. The molecule has 1 N–H and O–H groups in total. The minimum atomic E-state index is -1.37. The first kappa shape index (κ1) is 16.5. The topological polar surface area (TPSA) is 15.3 Å². The summed E-state index contributed by atoms with van der Waals surface area (Å²) in [4.78, 5) is 0. The molecule has 3 aliphatic rings. The Labute approximate surface area is 138 Å². The second kappa shape index (κ2) is 6.25. The lowest BCUT2D eigenvalue weighted by atomic mass is 9.76. The molecule has 0 radical (unpaired) electrons. The molecule has 0 spiro atoms. The monoisotopic (exact) mass is 318 g/mol. The van der Waals surface area contributed by atoms with Crippen molar-refractivity contribution in [3.05, 3.63) is 23.8 Å². The highest BCUT2D eigenvalue weighted by molar-refractivity contribution is 6.76. The van der Waals surface area contributed by atoms with Gasteiger partial charge in [-0.1, -0.05) is 57.7 Å². The van der Waals surface area contributed by atoms with E-state index in [9.17, 15) is 0 Å². The van der Waals surface area contributed by atoms with Crippen LogP contribution >= 0.6 is 0 Å². The van der Waals surface area contributed by atoms with Crippen LogP contribution in [0, 0.1) is 23.7 Å². The molecule has 124 valence electrons. The highest BCUT2D eigenvalue weighted by Gasteiger charge is 2.51. The van der Waals surface area contributed by atoms with Gasteiger partial charge in [0, 0.05) is 26.2 Å². The van der Waals surface area contributed by atoms with Crippen LogP contribution in [0.4, 0.5) is 0 Å². The van der Waals surface area contributed by atoms with Crippen LogP contribution in [0.2, 0.25) is 18.6 Å². The fraction of sp³-hybridized carbons (Fsp3) is 0.789. The third kappa shape index (κ3) is 2.76. The normalized spacial score (nSPS) is 36.5. The average Bonchev–Trinajstić information content (AvgIpc) is 2.86. The van der Waals surface area contributed by atoms with E-state index in [2.05, 4.69) is 62.0 Å². The lowest BCUT2D eigenvalue weighted by molar-refractivity contribution is 0.344. The van der Waals surface area contributed by atoms with Crippen molar-refractivity contribution in [2.24, 2.45) is 23.7 Å². The van der Waals surface area contributed by atoms with Gasteiger partial charge in [-0.25, -0.2) is 0 Å². The predicted octanol–water partition coefficient (Wildman–Crippen LogP) is 3.89. The number of hydrogen-bond acceptors (Lipinski definition) is 2. The summed E-state index contributed by atoms with van der Waals surface area (Å²) in [5.41, 5.74) is 2.64. The van der Waals surface area contributed by atoms with Crippen LogP contribution in [0.1, 0.15) is 27.2 Å². The Balaban J connectivity index is 1.84. The van der Waals surface area contributed by atoms with Gasteiger partial charge in [0.25, 0.3) is 0 Å². The lowest BCUT2D eigenvalue weighted by Crippen LogP contribution is -2.59. The average molecular weight is 319 g/mol. The maximum Gasteiger partial charge on any atom is 0.126 e. The molecule has 0 aromatic heterocycles. The number of piperazine rings is 1. The molecule has 0 aromatic carbocycles. The Morgan fingerprint density at radius 2 is 1.91 bits per heavy atom. The molecule has 1 heterocycles. The molecule has 1 aliphatic heterocycles. The van der Waals surface area contributed by atoms with Crippen molar-refractivity contribution in [3.63, 3.8) is 0 Å². The largest absolute Gasteiger partial charge is 0.321 e. The van der Waals surface area contributed by atoms with E-state index in [1.165, 1.54) is 32.6 Å². The van der Waals surface area contributed by atoms with Crippen LogP contribution in [0.15, 0.2) is 23.8 Å². The maximum absolute atomic E-state index is 3.52. The minimum absolute atomic E-state index is 0.697. The van der Waals surface area contributed by atoms with Gasteiger partial charge in [-0.15, -0.1) is 0 Å². The third-order valence-electron chi connectivity index (χ3n) is 6.63. The zero-order valence-electron chi connectivity index (χ0n) is 15.1. The van der Waals surface area contributed by atoms with Gasteiger partial charge in [0.2, 0.25) is 0 Å². The lowest BCUT2D eigenvalue weighted by Gasteiger charge is -2.46. The molecule has 2 fully saturated rings. The summed E-state index contributed by atoms with van der Waals surface area (Å²) < 4.78 is 2.88. The fourth-order valence-corrected chi connectivity index (χ4v) is 9.41. The van der Waals surface area contributed by atoms with Crippen LogP contribution in [0.5, 0.6) is 0 Å². The van der Waals surface area contributed by atoms with Crippen LogP contribution in [0.3, 0.4) is 0 Å². The fourth-order valence-electron chi connectivity index (χ4n) is 5.36. The van der Waals surface area contributed by atoms with Crippen molar-refractivity contribution in [1.82, 2.24) is 9.88 Å². The second-order valence-corrected chi connectivity index (χ2v) is 13.2. The van der Waals surface area contributed by atoms with Gasteiger partial charge in [-0.3, -0.25) is 0 Å². The van der Waals surface area contributed by atoms with Gasteiger partial charge in [-0.05, 0) is 35.6 Å². The molecule has 4 atom stereocenters. The zero-order chi connectivity index (χ0) is 15.9. The molecular formula is C19H34N2Si. The number of allylic oxidation sites excluding steroid dienone is 4. The van der Waals surface area contributed by atoms with E-state index < -0.39 is 8.24 Å². The molecular weight excluding hydrogens is 284 g/mol. The van der Waals surface area contributed by atoms with E-state index in [0.29, 0.717) is 5.92 Å². The van der Waals surface area contributed by atoms with Crippen LogP contribution < -0.4 is 5.32 Å². The first-order chi connectivity index (χ1) is 10.4. The summed E-state index contributed by atoms with van der Waals surface area (Å²) >= 11 is 0. The van der Waals surface area contributed by atoms with Crippen molar-refractivity contribution >= 4 is 8.24 Å². The second-order valence-electron chi connectivity index (χ2n) is 8.52. The maximum atomic E-state index is 3.52. The number of rotatable bonds is 3. The van der Waals surface area contributed by atoms with Crippen LogP contribution in [-0.4, -0.2) is 39.0 Å². The molecule has 0 aromatic rings. The van der Waals surface area contributed by atoms with Gasteiger partial charge in [0.1, 0.15) is 8.24 Å². The van der Waals surface area contributed by atoms with Gasteiger partial charge in [0.15, 0.2) is 0 Å². The summed E-state index contributed by atoms with van der Waals surface area (Å²) in [7, 11) is -1.37.